The predicted octanol–water partition coefficient (Wildman–Crippen LogP) is 3.49. The molecule has 4 rings (SSSR count). The van der Waals surface area contributed by atoms with E-state index in [0.717, 1.165) is 10.9 Å². The number of aromatic amines is 1. The van der Waals surface area contributed by atoms with Crippen LogP contribution in [0.2, 0.25) is 0 Å². The maximum atomic E-state index is 13.4. The summed E-state index contributed by atoms with van der Waals surface area (Å²) in [6, 6.07) is 14.9. The minimum absolute atomic E-state index is 0.126. The summed E-state index contributed by atoms with van der Waals surface area (Å²) in [7, 11) is 0. The fourth-order valence-corrected chi connectivity index (χ4v) is 2.93. The highest BCUT2D eigenvalue weighted by molar-refractivity contribution is 5.83. The van der Waals surface area contributed by atoms with E-state index in [2.05, 4.69) is 20.3 Å². The number of hydrogen-bond acceptors (Lipinski definition) is 4. The largest absolute Gasteiger partial charge is 0.502 e. The first-order chi connectivity index (χ1) is 12.7. The van der Waals surface area contributed by atoms with Gasteiger partial charge in [-0.25, -0.2) is 19.3 Å². The van der Waals surface area contributed by atoms with Crippen LogP contribution >= 0.6 is 0 Å². The molecule has 1 atom stereocenters. The van der Waals surface area contributed by atoms with Crippen molar-refractivity contribution in [3.8, 4) is 5.75 Å². The van der Waals surface area contributed by atoms with Crippen molar-refractivity contribution >= 4 is 16.9 Å². The van der Waals surface area contributed by atoms with Gasteiger partial charge in [-0.2, -0.15) is 0 Å². The molecule has 0 bridgehead atoms. The van der Waals surface area contributed by atoms with E-state index in [0.29, 0.717) is 17.0 Å². The number of aromatic hydroxyl groups is 1. The van der Waals surface area contributed by atoms with E-state index in [-0.39, 0.29) is 11.6 Å². The van der Waals surface area contributed by atoms with Crippen molar-refractivity contribution in [1.82, 2.24) is 9.97 Å². The van der Waals surface area contributed by atoms with Gasteiger partial charge in [-0.1, -0.05) is 18.2 Å². The Morgan fingerprint density at radius 2 is 1.73 bits per heavy atom. The summed E-state index contributed by atoms with van der Waals surface area (Å²) >= 11 is 0. The number of benzene rings is 2. The second-order valence-corrected chi connectivity index (χ2v) is 5.84. The fourth-order valence-electron chi connectivity index (χ4n) is 2.93. The summed E-state index contributed by atoms with van der Waals surface area (Å²) in [5.74, 6) is 0.221. The van der Waals surface area contributed by atoms with Gasteiger partial charge in [0.25, 0.3) is 5.52 Å². The van der Waals surface area contributed by atoms with Crippen molar-refractivity contribution in [3.05, 3.63) is 90.1 Å². The summed E-state index contributed by atoms with van der Waals surface area (Å²) in [4.78, 5) is 11.5. The third-order valence-electron chi connectivity index (χ3n) is 4.19. The van der Waals surface area contributed by atoms with Crippen molar-refractivity contribution in [3.63, 3.8) is 0 Å². The first kappa shape index (κ1) is 16.0. The number of nitrogens with one attached hydrogen (secondary N) is 2. The Labute approximate surface area is 149 Å². The summed E-state index contributed by atoms with van der Waals surface area (Å²) in [5, 5.41) is 14.9. The zero-order valence-electron chi connectivity index (χ0n) is 13.7. The highest BCUT2D eigenvalue weighted by Crippen LogP contribution is 2.35. The molecule has 26 heavy (non-hydrogen) atoms. The standard InChI is InChI=1S/C20H15FN4O/c21-15-7-4-14(5-8-15)17(25-20-23-11-2-12-24-20)16-9-6-13-3-1-10-22-18(13)19(16)26/h1-12,17,26H,(H,23,24,25)/p+1. The van der Waals surface area contributed by atoms with Gasteiger partial charge >= 0.3 is 0 Å². The lowest BCUT2D eigenvalue weighted by Gasteiger charge is -2.20. The normalized spacial score (nSPS) is 12.0. The molecule has 0 spiro atoms. The molecule has 0 aliphatic heterocycles. The zero-order valence-corrected chi connectivity index (χ0v) is 13.7. The highest BCUT2D eigenvalue weighted by atomic mass is 19.1. The van der Waals surface area contributed by atoms with E-state index >= 15 is 0 Å². The number of hydrogen-bond donors (Lipinski definition) is 2. The van der Waals surface area contributed by atoms with Crippen LogP contribution in [0.5, 0.6) is 5.75 Å². The fraction of sp³-hybridized carbons (Fsp3) is 0.0500. The average molecular weight is 347 g/mol. The van der Waals surface area contributed by atoms with Crippen LogP contribution in [0.4, 0.5) is 10.3 Å². The monoisotopic (exact) mass is 347 g/mol. The summed E-state index contributed by atoms with van der Waals surface area (Å²) in [6.45, 7) is 0. The van der Waals surface area contributed by atoms with Gasteiger partial charge in [-0.15, -0.1) is 0 Å². The topological polar surface area (TPSA) is 72.2 Å². The molecule has 1 unspecified atom stereocenters. The second kappa shape index (κ2) is 6.76. The third kappa shape index (κ3) is 3.04. The summed E-state index contributed by atoms with van der Waals surface area (Å²) < 4.78 is 13.4. The van der Waals surface area contributed by atoms with Crippen LogP contribution in [0, 0.1) is 5.82 Å². The van der Waals surface area contributed by atoms with Crippen LogP contribution in [-0.2, 0) is 0 Å². The highest BCUT2D eigenvalue weighted by Gasteiger charge is 2.22. The van der Waals surface area contributed by atoms with Gasteiger partial charge in [0.05, 0.1) is 11.4 Å². The molecule has 0 aliphatic carbocycles. The van der Waals surface area contributed by atoms with Gasteiger partial charge in [0.15, 0.2) is 11.9 Å². The van der Waals surface area contributed by atoms with E-state index in [9.17, 15) is 9.50 Å². The molecule has 3 N–H and O–H groups in total. The molecular formula is C20H16FN4O+. The number of pyridine rings is 1. The molecule has 2 aromatic carbocycles. The van der Waals surface area contributed by atoms with Crippen LogP contribution < -0.4 is 10.3 Å². The number of H-pyrrole nitrogens is 1. The van der Waals surface area contributed by atoms with Crippen molar-refractivity contribution in [2.24, 2.45) is 0 Å². The van der Waals surface area contributed by atoms with Gasteiger partial charge in [0.1, 0.15) is 5.82 Å². The molecule has 2 heterocycles. The number of halogens is 1. The van der Waals surface area contributed by atoms with E-state index in [1.54, 1.807) is 36.8 Å². The molecule has 0 aliphatic rings. The Bertz CT molecular complexity index is 1040. The van der Waals surface area contributed by atoms with Gasteiger partial charge in [0, 0.05) is 24.0 Å². The SMILES string of the molecule is Oc1c(C(Nc2ncccn2)c2ccc(F)cc2)ccc2ccc[nH+]c12. The van der Waals surface area contributed by atoms with E-state index in [1.165, 1.54) is 12.1 Å². The number of nitrogens with zero attached hydrogens (tertiary/aromatic N) is 2. The van der Waals surface area contributed by atoms with Crippen LogP contribution in [0.25, 0.3) is 10.9 Å². The lowest BCUT2D eigenvalue weighted by molar-refractivity contribution is -0.345. The Hall–Kier alpha value is -3.54. The second-order valence-electron chi connectivity index (χ2n) is 5.84. The molecule has 2 aromatic heterocycles. The Balaban J connectivity index is 1.84. The number of phenolic OH excluding ortho intramolecular Hbond substituents is 1. The maximum Gasteiger partial charge on any atom is 0.253 e. The number of phenols is 1. The molecule has 0 fully saturated rings. The van der Waals surface area contributed by atoms with Crippen LogP contribution in [0.3, 0.4) is 0 Å². The molecule has 4 aromatic rings. The lowest BCUT2D eigenvalue weighted by Crippen LogP contribution is -2.15. The van der Waals surface area contributed by atoms with Gasteiger partial charge in [-0.05, 0) is 35.9 Å². The molecule has 6 heteroatoms. The molecule has 0 radical (unpaired) electrons. The van der Waals surface area contributed by atoms with Crippen LogP contribution in [0.1, 0.15) is 17.2 Å². The first-order valence-electron chi connectivity index (χ1n) is 8.13. The van der Waals surface area contributed by atoms with E-state index in [4.69, 9.17) is 0 Å². The van der Waals surface area contributed by atoms with Crippen molar-refractivity contribution in [2.45, 2.75) is 6.04 Å². The number of fused-ring (bicyclic) bond motifs is 1. The van der Waals surface area contributed by atoms with Crippen LogP contribution in [-0.4, -0.2) is 15.1 Å². The summed E-state index contributed by atoms with van der Waals surface area (Å²) in [5.41, 5.74) is 2.05. The van der Waals surface area contributed by atoms with Gasteiger partial charge < -0.3 is 10.4 Å². The van der Waals surface area contributed by atoms with E-state index in [1.807, 2.05) is 24.3 Å². The maximum absolute atomic E-state index is 13.4. The number of aromatic nitrogens is 3. The van der Waals surface area contributed by atoms with E-state index < -0.39 is 6.04 Å². The Morgan fingerprint density at radius 3 is 2.50 bits per heavy atom. The minimum Gasteiger partial charge on any atom is -0.502 e. The smallest absolute Gasteiger partial charge is 0.253 e. The first-order valence-corrected chi connectivity index (χ1v) is 8.13. The third-order valence-corrected chi connectivity index (χ3v) is 4.19. The number of rotatable bonds is 4. The van der Waals surface area contributed by atoms with Crippen molar-refractivity contribution in [1.29, 1.82) is 0 Å². The molecule has 0 saturated heterocycles. The lowest BCUT2D eigenvalue weighted by atomic mass is 9.96. The number of anilines is 1. The van der Waals surface area contributed by atoms with Gasteiger partial charge in [0.2, 0.25) is 5.95 Å². The minimum atomic E-state index is -0.448. The Kier molecular flexibility index (Phi) is 4.15. The average Bonchev–Trinajstić information content (AvgIpc) is 2.69. The molecule has 0 saturated carbocycles. The molecular weight excluding hydrogens is 331 g/mol. The molecule has 0 amide bonds. The van der Waals surface area contributed by atoms with Crippen LogP contribution in [0.15, 0.2) is 73.2 Å². The summed E-state index contributed by atoms with van der Waals surface area (Å²) in [6.07, 6.45) is 5.02. The van der Waals surface area contributed by atoms with Crippen molar-refractivity contribution < 1.29 is 14.5 Å². The zero-order chi connectivity index (χ0) is 17.9. The van der Waals surface area contributed by atoms with Crippen molar-refractivity contribution in [2.75, 3.05) is 5.32 Å². The molecule has 128 valence electrons. The predicted molar refractivity (Wildman–Crippen MR) is 96.1 cm³/mol. The van der Waals surface area contributed by atoms with Gasteiger partial charge in [-0.3, -0.25) is 0 Å². The molecule has 5 nitrogen and oxygen atoms in total. The Morgan fingerprint density at radius 1 is 0.962 bits per heavy atom. The quantitative estimate of drug-likeness (QED) is 0.593.